The van der Waals surface area contributed by atoms with E-state index in [0.717, 1.165) is 0 Å². The fourth-order valence-corrected chi connectivity index (χ4v) is 1.25. The quantitative estimate of drug-likeness (QED) is 0.514. The van der Waals surface area contributed by atoms with Gasteiger partial charge in [0, 0.05) is 17.1 Å². The largest absolute Gasteiger partial charge is 0.300 e. The Morgan fingerprint density at radius 2 is 1.56 bits per heavy atom. The van der Waals surface area contributed by atoms with Gasteiger partial charge in [0.25, 0.3) is 0 Å². The van der Waals surface area contributed by atoms with Crippen molar-refractivity contribution in [2.75, 3.05) is 0 Å². The molecule has 3 nitrogen and oxygen atoms in total. The predicted octanol–water partition coefficient (Wildman–Crippen LogP) is 2.82. The van der Waals surface area contributed by atoms with Crippen molar-refractivity contribution in [3.63, 3.8) is 0 Å². The molecule has 0 radical (unpaired) electrons. The van der Waals surface area contributed by atoms with Crippen LogP contribution in [0, 0.1) is 5.92 Å². The van der Waals surface area contributed by atoms with Crippen LogP contribution in [0.1, 0.15) is 34.1 Å². The summed E-state index contributed by atoms with van der Waals surface area (Å²) < 4.78 is 0. The first kappa shape index (κ1) is 16.2. The minimum absolute atomic E-state index is 0.0774. The number of rotatable bonds is 7. The highest BCUT2D eigenvalue weighted by molar-refractivity contribution is 6.01. The van der Waals surface area contributed by atoms with E-state index in [2.05, 4.69) is 6.58 Å². The van der Waals surface area contributed by atoms with Gasteiger partial charge in [-0.25, -0.2) is 0 Å². The van der Waals surface area contributed by atoms with E-state index < -0.39 is 0 Å². The van der Waals surface area contributed by atoms with Gasteiger partial charge in [-0.1, -0.05) is 25.7 Å². The third-order valence-corrected chi connectivity index (χ3v) is 2.73. The molecule has 18 heavy (non-hydrogen) atoms. The topological polar surface area (TPSA) is 51.2 Å². The molecule has 0 N–H and O–H groups in total. The molecule has 0 bridgehead atoms. The van der Waals surface area contributed by atoms with E-state index in [4.69, 9.17) is 0 Å². The zero-order chi connectivity index (χ0) is 14.3. The average Bonchev–Trinajstić information content (AvgIpc) is 2.27. The number of carbonyl (C=O) groups excluding carboxylic acids is 3. The Morgan fingerprint density at radius 1 is 1.06 bits per heavy atom. The van der Waals surface area contributed by atoms with E-state index in [9.17, 15) is 14.4 Å². The SMILES string of the molecule is C=C/C(=C\C(=C/C[C@H](C)C(C)=O)C(C)=O)C(C)=O. The Morgan fingerprint density at radius 3 is 1.89 bits per heavy atom. The monoisotopic (exact) mass is 248 g/mol. The van der Waals surface area contributed by atoms with Gasteiger partial charge in [0.2, 0.25) is 0 Å². The first-order chi connectivity index (χ1) is 8.29. The van der Waals surface area contributed by atoms with E-state index >= 15 is 0 Å². The Labute approximate surface area is 108 Å². The second-order valence-electron chi connectivity index (χ2n) is 4.32. The van der Waals surface area contributed by atoms with Crippen molar-refractivity contribution in [2.24, 2.45) is 5.92 Å². The highest BCUT2D eigenvalue weighted by Crippen LogP contribution is 2.11. The van der Waals surface area contributed by atoms with Gasteiger partial charge in [-0.2, -0.15) is 0 Å². The summed E-state index contributed by atoms with van der Waals surface area (Å²) in [5, 5.41) is 0. The summed E-state index contributed by atoms with van der Waals surface area (Å²) in [6, 6.07) is 0. The zero-order valence-corrected chi connectivity index (χ0v) is 11.4. The van der Waals surface area contributed by atoms with Gasteiger partial charge in [0.05, 0.1) is 0 Å². The lowest BCUT2D eigenvalue weighted by atomic mass is 9.99. The van der Waals surface area contributed by atoms with E-state index in [-0.39, 0.29) is 23.3 Å². The van der Waals surface area contributed by atoms with Gasteiger partial charge >= 0.3 is 0 Å². The van der Waals surface area contributed by atoms with Crippen LogP contribution in [0.5, 0.6) is 0 Å². The third-order valence-electron chi connectivity index (χ3n) is 2.73. The smallest absolute Gasteiger partial charge is 0.159 e. The number of Topliss-reactive ketones (excluding diaryl/α,β-unsaturated/α-hetero) is 3. The van der Waals surface area contributed by atoms with Crippen molar-refractivity contribution in [2.45, 2.75) is 34.1 Å². The molecule has 0 aliphatic heterocycles. The summed E-state index contributed by atoms with van der Waals surface area (Å²) in [6.45, 7) is 9.71. The number of carbonyl (C=O) groups is 3. The molecule has 98 valence electrons. The van der Waals surface area contributed by atoms with Crippen LogP contribution < -0.4 is 0 Å². The summed E-state index contributed by atoms with van der Waals surface area (Å²) in [6.07, 6.45) is 5.13. The van der Waals surface area contributed by atoms with Crippen LogP contribution in [0.3, 0.4) is 0 Å². The van der Waals surface area contributed by atoms with Crippen molar-refractivity contribution >= 4 is 17.3 Å². The van der Waals surface area contributed by atoms with Crippen molar-refractivity contribution < 1.29 is 14.4 Å². The molecule has 0 saturated carbocycles. The van der Waals surface area contributed by atoms with Gasteiger partial charge < -0.3 is 0 Å². The van der Waals surface area contributed by atoms with Gasteiger partial charge in [-0.15, -0.1) is 0 Å². The van der Waals surface area contributed by atoms with Crippen molar-refractivity contribution in [3.8, 4) is 0 Å². The van der Waals surface area contributed by atoms with E-state index in [0.29, 0.717) is 17.6 Å². The third kappa shape index (κ3) is 5.53. The Kier molecular flexibility index (Phi) is 6.79. The second kappa shape index (κ2) is 7.54. The van der Waals surface area contributed by atoms with Crippen LogP contribution >= 0.6 is 0 Å². The van der Waals surface area contributed by atoms with Gasteiger partial charge in [0.15, 0.2) is 11.6 Å². The molecule has 0 heterocycles. The molecule has 0 aromatic rings. The molecule has 0 aliphatic carbocycles. The highest BCUT2D eigenvalue weighted by Gasteiger charge is 2.08. The molecule has 0 spiro atoms. The lowest BCUT2D eigenvalue weighted by Crippen LogP contribution is -2.06. The lowest BCUT2D eigenvalue weighted by Gasteiger charge is -2.05. The molecule has 3 heteroatoms. The molecule has 0 aromatic carbocycles. The summed E-state index contributed by atoms with van der Waals surface area (Å²) in [4.78, 5) is 33.8. The predicted molar refractivity (Wildman–Crippen MR) is 72.2 cm³/mol. The zero-order valence-electron chi connectivity index (χ0n) is 11.4. The maximum absolute atomic E-state index is 11.5. The molecule has 1 atom stereocenters. The molecule has 0 fully saturated rings. The molecule has 0 saturated heterocycles. The Balaban J connectivity index is 5.15. The Bertz CT molecular complexity index is 425. The minimum Gasteiger partial charge on any atom is -0.300 e. The summed E-state index contributed by atoms with van der Waals surface area (Å²) in [5.41, 5.74) is 0.833. The molecular formula is C15H20O3. The summed E-state index contributed by atoms with van der Waals surface area (Å²) >= 11 is 0. The average molecular weight is 248 g/mol. The number of hydrogen-bond donors (Lipinski definition) is 0. The van der Waals surface area contributed by atoms with Crippen LogP contribution in [0.2, 0.25) is 0 Å². The van der Waals surface area contributed by atoms with Crippen LogP contribution in [0.15, 0.2) is 36.0 Å². The van der Waals surface area contributed by atoms with Crippen molar-refractivity contribution in [1.82, 2.24) is 0 Å². The standard InChI is InChI=1S/C15H20O3/c1-6-14(12(4)17)9-15(13(5)18)8-7-10(2)11(3)16/h6,8-10H,1,7H2,2-5H3/b14-9+,15-8+/t10-/m0/s1. The molecule has 0 aliphatic rings. The van der Waals surface area contributed by atoms with Crippen molar-refractivity contribution in [3.05, 3.63) is 36.0 Å². The Hall–Kier alpha value is -1.77. The molecule has 0 unspecified atom stereocenters. The lowest BCUT2D eigenvalue weighted by molar-refractivity contribution is -0.120. The number of ketones is 3. The number of allylic oxidation sites excluding steroid dienone is 5. The molecule has 0 rings (SSSR count). The first-order valence-electron chi connectivity index (χ1n) is 5.86. The second-order valence-corrected chi connectivity index (χ2v) is 4.32. The number of hydrogen-bond acceptors (Lipinski definition) is 3. The van der Waals surface area contributed by atoms with Crippen LogP contribution in [0.4, 0.5) is 0 Å². The highest BCUT2D eigenvalue weighted by atomic mass is 16.1. The maximum atomic E-state index is 11.5. The molecule has 0 aromatic heterocycles. The summed E-state index contributed by atoms with van der Waals surface area (Å²) in [5.74, 6) is -0.325. The maximum Gasteiger partial charge on any atom is 0.159 e. The van der Waals surface area contributed by atoms with Crippen LogP contribution in [0.25, 0.3) is 0 Å². The fraction of sp³-hybridized carbons (Fsp3) is 0.400. The van der Waals surface area contributed by atoms with Crippen LogP contribution in [-0.2, 0) is 14.4 Å². The van der Waals surface area contributed by atoms with E-state index in [1.165, 1.54) is 32.9 Å². The van der Waals surface area contributed by atoms with Crippen LogP contribution in [-0.4, -0.2) is 17.3 Å². The fourth-order valence-electron chi connectivity index (χ4n) is 1.25. The van der Waals surface area contributed by atoms with Crippen molar-refractivity contribution in [1.29, 1.82) is 0 Å². The molecular weight excluding hydrogens is 228 g/mol. The van der Waals surface area contributed by atoms with E-state index in [1.807, 2.05) is 0 Å². The minimum atomic E-state index is -0.142. The van der Waals surface area contributed by atoms with E-state index in [1.54, 1.807) is 13.0 Å². The van der Waals surface area contributed by atoms with Gasteiger partial charge in [0.1, 0.15) is 5.78 Å². The summed E-state index contributed by atoms with van der Waals surface area (Å²) in [7, 11) is 0. The normalized spacial score (nSPS) is 14.0. The van der Waals surface area contributed by atoms with Gasteiger partial charge in [-0.05, 0) is 33.3 Å². The first-order valence-corrected chi connectivity index (χ1v) is 5.86. The molecule has 0 amide bonds. The van der Waals surface area contributed by atoms with Gasteiger partial charge in [-0.3, -0.25) is 14.4 Å².